The predicted octanol–water partition coefficient (Wildman–Crippen LogP) is 1.86. The molecule has 1 aliphatic rings. The Balaban J connectivity index is 1.92. The van der Waals surface area contributed by atoms with E-state index in [0.29, 0.717) is 18.3 Å². The summed E-state index contributed by atoms with van der Waals surface area (Å²) in [6.07, 6.45) is 4.22. The van der Waals surface area contributed by atoms with Crippen LogP contribution in [-0.2, 0) is 0 Å². The molecule has 0 atom stereocenters. The van der Waals surface area contributed by atoms with Crippen LogP contribution >= 0.6 is 0 Å². The number of hydrogen-bond donors (Lipinski definition) is 1. The average Bonchev–Trinajstić information content (AvgIpc) is 3.02. The number of rotatable bonds is 5. The number of aromatic nitrogens is 1. The van der Waals surface area contributed by atoms with Crippen molar-refractivity contribution in [3.8, 4) is 0 Å². The number of carbonyl (C=O) groups excluding carboxylic acids is 1. The molecule has 1 amide bonds. The number of nitrogens with zero attached hydrogens (tertiary/aromatic N) is 4. The van der Waals surface area contributed by atoms with E-state index in [1.807, 2.05) is 16.8 Å². The van der Waals surface area contributed by atoms with Crippen molar-refractivity contribution in [1.82, 2.24) is 9.88 Å². The summed E-state index contributed by atoms with van der Waals surface area (Å²) in [4.78, 5) is 14.4. The van der Waals surface area contributed by atoms with Crippen LogP contribution in [0, 0.1) is 0 Å². The van der Waals surface area contributed by atoms with Gasteiger partial charge in [0.1, 0.15) is 5.69 Å². The Morgan fingerprint density at radius 2 is 2.50 bits per heavy atom. The van der Waals surface area contributed by atoms with Gasteiger partial charge in [0.05, 0.1) is 0 Å². The largest absolute Gasteiger partial charge is 0.351 e. The first kappa shape index (κ1) is 10.6. The molecule has 2 rings (SSSR count). The molecular weight excluding hydrogens is 206 g/mol. The van der Waals surface area contributed by atoms with Gasteiger partial charge in [0.2, 0.25) is 0 Å². The van der Waals surface area contributed by atoms with Gasteiger partial charge in [0.15, 0.2) is 0 Å². The van der Waals surface area contributed by atoms with Gasteiger partial charge in [-0.15, -0.1) is 0 Å². The zero-order valence-corrected chi connectivity index (χ0v) is 8.83. The van der Waals surface area contributed by atoms with E-state index in [1.54, 1.807) is 6.07 Å². The first-order valence-corrected chi connectivity index (χ1v) is 5.29. The van der Waals surface area contributed by atoms with Crippen molar-refractivity contribution >= 4 is 5.91 Å². The quantitative estimate of drug-likeness (QED) is 0.348. The van der Waals surface area contributed by atoms with Gasteiger partial charge in [-0.1, -0.05) is 5.11 Å². The van der Waals surface area contributed by atoms with Crippen molar-refractivity contribution in [3.63, 3.8) is 0 Å². The van der Waals surface area contributed by atoms with Gasteiger partial charge in [-0.3, -0.25) is 4.79 Å². The van der Waals surface area contributed by atoms with Crippen LogP contribution in [0.25, 0.3) is 10.4 Å². The highest BCUT2D eigenvalue weighted by molar-refractivity contribution is 5.92. The Morgan fingerprint density at radius 3 is 3.19 bits per heavy atom. The van der Waals surface area contributed by atoms with E-state index < -0.39 is 0 Å². The number of hydrogen-bond acceptors (Lipinski definition) is 2. The third-order valence-electron chi connectivity index (χ3n) is 2.51. The molecule has 6 nitrogen and oxygen atoms in total. The molecule has 1 aromatic heterocycles. The SMILES string of the molecule is [N-]=[N+]=NCCNC(=O)c1cccn1C1CC1. The molecule has 1 saturated carbocycles. The van der Waals surface area contributed by atoms with Gasteiger partial charge in [0, 0.05) is 30.2 Å². The van der Waals surface area contributed by atoms with Crippen molar-refractivity contribution in [1.29, 1.82) is 0 Å². The molecule has 0 spiro atoms. The van der Waals surface area contributed by atoms with Crippen molar-refractivity contribution in [2.75, 3.05) is 13.1 Å². The van der Waals surface area contributed by atoms with E-state index in [4.69, 9.17) is 5.53 Å². The minimum absolute atomic E-state index is 0.106. The molecule has 0 aromatic carbocycles. The lowest BCUT2D eigenvalue weighted by atomic mass is 10.4. The Labute approximate surface area is 92.9 Å². The first-order chi connectivity index (χ1) is 7.83. The molecule has 0 aliphatic heterocycles. The van der Waals surface area contributed by atoms with Gasteiger partial charge in [0.25, 0.3) is 5.91 Å². The summed E-state index contributed by atoms with van der Waals surface area (Å²) in [5.41, 5.74) is 8.77. The van der Waals surface area contributed by atoms with E-state index >= 15 is 0 Å². The summed E-state index contributed by atoms with van der Waals surface area (Å²) < 4.78 is 2.00. The minimum Gasteiger partial charge on any atom is -0.351 e. The van der Waals surface area contributed by atoms with Crippen molar-refractivity contribution < 1.29 is 4.79 Å². The fourth-order valence-electron chi connectivity index (χ4n) is 1.61. The smallest absolute Gasteiger partial charge is 0.267 e. The van der Waals surface area contributed by atoms with Gasteiger partial charge in [-0.05, 0) is 30.5 Å². The van der Waals surface area contributed by atoms with E-state index in [2.05, 4.69) is 15.3 Å². The van der Waals surface area contributed by atoms with Crippen LogP contribution in [0.15, 0.2) is 23.4 Å². The normalized spacial score (nSPS) is 14.2. The third kappa shape index (κ3) is 2.35. The Morgan fingerprint density at radius 1 is 1.69 bits per heavy atom. The molecule has 0 radical (unpaired) electrons. The van der Waals surface area contributed by atoms with Crippen LogP contribution < -0.4 is 5.32 Å². The maximum Gasteiger partial charge on any atom is 0.267 e. The van der Waals surface area contributed by atoms with Gasteiger partial charge < -0.3 is 9.88 Å². The second-order valence-electron chi connectivity index (χ2n) is 3.74. The predicted molar refractivity (Wildman–Crippen MR) is 59.0 cm³/mol. The summed E-state index contributed by atoms with van der Waals surface area (Å²) in [6, 6.07) is 4.18. The summed E-state index contributed by atoms with van der Waals surface area (Å²) in [5.74, 6) is -0.106. The van der Waals surface area contributed by atoms with Crippen LogP contribution in [-0.4, -0.2) is 23.6 Å². The summed E-state index contributed by atoms with van der Waals surface area (Å²) in [5, 5.41) is 6.07. The monoisotopic (exact) mass is 219 g/mol. The maximum absolute atomic E-state index is 11.8. The van der Waals surface area contributed by atoms with E-state index in [0.717, 1.165) is 12.8 Å². The zero-order chi connectivity index (χ0) is 11.4. The lowest BCUT2D eigenvalue weighted by Gasteiger charge is -2.07. The average molecular weight is 219 g/mol. The van der Waals surface area contributed by atoms with Gasteiger partial charge in [-0.2, -0.15) is 0 Å². The second-order valence-corrected chi connectivity index (χ2v) is 3.74. The fourth-order valence-corrected chi connectivity index (χ4v) is 1.61. The van der Waals surface area contributed by atoms with Crippen molar-refractivity contribution in [2.24, 2.45) is 5.11 Å². The summed E-state index contributed by atoms with van der Waals surface area (Å²) in [7, 11) is 0. The van der Waals surface area contributed by atoms with Crippen LogP contribution in [0.3, 0.4) is 0 Å². The number of azide groups is 1. The molecule has 0 unspecified atom stereocenters. The molecule has 1 fully saturated rings. The summed E-state index contributed by atoms with van der Waals surface area (Å²) >= 11 is 0. The topological polar surface area (TPSA) is 82.8 Å². The Hall–Kier alpha value is -1.94. The maximum atomic E-state index is 11.8. The lowest BCUT2D eigenvalue weighted by Crippen LogP contribution is -2.27. The second kappa shape index (κ2) is 4.72. The molecule has 0 saturated heterocycles. The molecule has 0 bridgehead atoms. The number of nitrogens with one attached hydrogen (secondary N) is 1. The van der Waals surface area contributed by atoms with Gasteiger partial charge >= 0.3 is 0 Å². The molecule has 6 heteroatoms. The zero-order valence-electron chi connectivity index (χ0n) is 8.83. The minimum atomic E-state index is -0.106. The lowest BCUT2D eigenvalue weighted by molar-refractivity contribution is 0.0945. The molecule has 84 valence electrons. The van der Waals surface area contributed by atoms with E-state index in [1.165, 1.54) is 0 Å². The molecule has 16 heavy (non-hydrogen) atoms. The molecule has 1 N–H and O–H groups in total. The molecular formula is C10H13N5O. The Kier molecular flexibility index (Phi) is 3.12. The Bertz CT molecular complexity index is 428. The number of amides is 1. The molecule has 1 aromatic rings. The van der Waals surface area contributed by atoms with Crippen LogP contribution in [0.1, 0.15) is 29.4 Å². The van der Waals surface area contributed by atoms with Crippen LogP contribution in [0.4, 0.5) is 0 Å². The van der Waals surface area contributed by atoms with Crippen molar-refractivity contribution in [2.45, 2.75) is 18.9 Å². The highest BCUT2D eigenvalue weighted by Gasteiger charge is 2.26. The van der Waals surface area contributed by atoms with Crippen molar-refractivity contribution in [3.05, 3.63) is 34.5 Å². The highest BCUT2D eigenvalue weighted by Crippen LogP contribution is 2.35. The van der Waals surface area contributed by atoms with Crippen LogP contribution in [0.2, 0.25) is 0 Å². The van der Waals surface area contributed by atoms with Gasteiger partial charge in [-0.25, -0.2) is 0 Å². The first-order valence-electron chi connectivity index (χ1n) is 5.29. The van der Waals surface area contributed by atoms with E-state index in [9.17, 15) is 4.79 Å². The van der Waals surface area contributed by atoms with E-state index in [-0.39, 0.29) is 12.5 Å². The third-order valence-corrected chi connectivity index (χ3v) is 2.51. The standard InChI is InChI=1S/C10H13N5O/c11-14-13-6-5-12-10(16)9-2-1-7-15(9)8-3-4-8/h1-2,7-8H,3-6H2,(H,12,16). The highest BCUT2D eigenvalue weighted by atomic mass is 16.1. The van der Waals surface area contributed by atoms with Crippen LogP contribution in [0.5, 0.6) is 0 Å². The number of carbonyl (C=O) groups is 1. The summed E-state index contributed by atoms with van der Waals surface area (Å²) in [6.45, 7) is 0.658. The fraction of sp³-hybridized carbons (Fsp3) is 0.500. The molecule has 1 heterocycles. The molecule has 1 aliphatic carbocycles.